The lowest BCUT2D eigenvalue weighted by atomic mass is 10.1. The Labute approximate surface area is 173 Å². The molecule has 0 saturated carbocycles. The zero-order valence-electron chi connectivity index (χ0n) is 15.3. The minimum absolute atomic E-state index is 0.0655. The smallest absolute Gasteiger partial charge is 0.416 e. The van der Waals surface area contributed by atoms with Gasteiger partial charge >= 0.3 is 6.18 Å². The highest BCUT2D eigenvalue weighted by Crippen LogP contribution is 2.40. The summed E-state index contributed by atoms with van der Waals surface area (Å²) in [5.41, 5.74) is 4.60. The van der Waals surface area contributed by atoms with Gasteiger partial charge < -0.3 is 21.1 Å². The zero-order valence-corrected chi connectivity index (χ0v) is 16.1. The fourth-order valence-electron chi connectivity index (χ4n) is 2.66. The number of rotatable bonds is 6. The van der Waals surface area contributed by atoms with Crippen molar-refractivity contribution in [2.24, 2.45) is 5.73 Å². The van der Waals surface area contributed by atoms with Gasteiger partial charge in [0.15, 0.2) is 6.61 Å². The second-order valence-electron chi connectivity index (χ2n) is 6.34. The number of thioether (sulfide) groups is 1. The van der Waals surface area contributed by atoms with Crippen molar-refractivity contribution >= 4 is 40.9 Å². The molecule has 0 aromatic heterocycles. The summed E-state index contributed by atoms with van der Waals surface area (Å²) in [5.74, 6) is -1.34. The number of primary amides is 1. The second kappa shape index (κ2) is 8.66. The van der Waals surface area contributed by atoms with Crippen molar-refractivity contribution in [1.82, 2.24) is 0 Å². The van der Waals surface area contributed by atoms with Crippen molar-refractivity contribution in [3.05, 3.63) is 48.0 Å². The van der Waals surface area contributed by atoms with Crippen molar-refractivity contribution in [3.8, 4) is 5.75 Å². The first kappa shape index (κ1) is 21.5. The number of nitrogens with two attached hydrogens (primary N) is 1. The van der Waals surface area contributed by atoms with E-state index >= 15 is 0 Å². The van der Waals surface area contributed by atoms with Crippen LogP contribution in [0.5, 0.6) is 5.75 Å². The molecule has 158 valence electrons. The van der Waals surface area contributed by atoms with Crippen LogP contribution in [0.1, 0.15) is 12.0 Å². The Balaban J connectivity index is 1.63. The minimum atomic E-state index is -4.52. The van der Waals surface area contributed by atoms with E-state index in [9.17, 15) is 27.6 Å². The van der Waals surface area contributed by atoms with Gasteiger partial charge in [-0.05, 0) is 30.3 Å². The Morgan fingerprint density at radius 1 is 1.20 bits per heavy atom. The fraction of sp³-hybridized carbons (Fsp3) is 0.211. The number of alkyl halides is 3. The third-order valence-corrected chi connectivity index (χ3v) is 5.27. The maximum Gasteiger partial charge on any atom is 0.416 e. The number of amides is 3. The first-order valence-corrected chi connectivity index (χ1v) is 9.49. The van der Waals surface area contributed by atoms with Gasteiger partial charge in [-0.3, -0.25) is 14.4 Å². The van der Waals surface area contributed by atoms with Crippen LogP contribution in [-0.4, -0.2) is 29.6 Å². The number of ether oxygens (including phenoxy) is 1. The van der Waals surface area contributed by atoms with E-state index in [0.29, 0.717) is 16.3 Å². The first-order chi connectivity index (χ1) is 14.1. The van der Waals surface area contributed by atoms with Crippen LogP contribution in [0.15, 0.2) is 47.4 Å². The van der Waals surface area contributed by atoms with E-state index in [1.165, 1.54) is 12.1 Å². The van der Waals surface area contributed by atoms with Crippen LogP contribution in [0, 0.1) is 0 Å². The molecule has 1 heterocycles. The molecule has 0 saturated heterocycles. The largest absolute Gasteiger partial charge is 0.484 e. The molecule has 11 heteroatoms. The Hall–Kier alpha value is -3.21. The highest BCUT2D eigenvalue weighted by atomic mass is 32.2. The topological polar surface area (TPSA) is 111 Å². The Morgan fingerprint density at radius 3 is 2.67 bits per heavy atom. The molecule has 0 fully saturated rings. The lowest BCUT2D eigenvalue weighted by Gasteiger charge is -2.24. The molecular formula is C19H16F3N3O4S. The number of nitrogens with one attached hydrogen (secondary N) is 2. The van der Waals surface area contributed by atoms with Gasteiger partial charge in [-0.15, -0.1) is 11.8 Å². The van der Waals surface area contributed by atoms with Crippen LogP contribution in [0.25, 0.3) is 0 Å². The van der Waals surface area contributed by atoms with Crippen LogP contribution < -0.4 is 21.1 Å². The molecule has 30 heavy (non-hydrogen) atoms. The number of hydrogen-bond donors (Lipinski definition) is 3. The van der Waals surface area contributed by atoms with Gasteiger partial charge in [-0.1, -0.05) is 6.07 Å². The Bertz CT molecular complexity index is 997. The van der Waals surface area contributed by atoms with E-state index in [4.69, 9.17) is 10.5 Å². The van der Waals surface area contributed by atoms with Crippen LogP contribution in [0.2, 0.25) is 0 Å². The van der Waals surface area contributed by atoms with Crippen LogP contribution >= 0.6 is 11.8 Å². The average molecular weight is 439 g/mol. The highest BCUT2D eigenvalue weighted by Gasteiger charge is 2.34. The molecule has 0 bridgehead atoms. The van der Waals surface area contributed by atoms with E-state index < -0.39 is 34.7 Å². The molecule has 1 atom stereocenters. The van der Waals surface area contributed by atoms with E-state index in [0.717, 1.165) is 23.9 Å². The van der Waals surface area contributed by atoms with Gasteiger partial charge in [0.2, 0.25) is 11.8 Å². The molecule has 1 aliphatic rings. The average Bonchev–Trinajstić information content (AvgIpc) is 2.66. The lowest BCUT2D eigenvalue weighted by Crippen LogP contribution is -2.32. The number of fused-ring (bicyclic) bond motifs is 1. The maximum atomic E-state index is 12.8. The van der Waals surface area contributed by atoms with Crippen molar-refractivity contribution < 1.29 is 32.3 Å². The third-order valence-electron chi connectivity index (χ3n) is 4.00. The Morgan fingerprint density at radius 2 is 1.97 bits per heavy atom. The summed E-state index contributed by atoms with van der Waals surface area (Å²) in [7, 11) is 0. The molecule has 0 unspecified atom stereocenters. The highest BCUT2D eigenvalue weighted by molar-refractivity contribution is 8.01. The molecule has 7 nitrogen and oxygen atoms in total. The SMILES string of the molecule is NC(=O)COc1cccc(NC(=O)C[C@H]2Sc3ccc(C(F)(F)F)cc3NC2=O)c1. The number of halogens is 3. The normalized spacial score (nSPS) is 15.7. The number of anilines is 2. The van der Waals surface area contributed by atoms with Gasteiger partial charge in [0.25, 0.3) is 5.91 Å². The van der Waals surface area contributed by atoms with Gasteiger partial charge in [-0.25, -0.2) is 0 Å². The molecule has 3 amide bonds. The van der Waals surface area contributed by atoms with Crippen molar-refractivity contribution in [3.63, 3.8) is 0 Å². The summed E-state index contributed by atoms with van der Waals surface area (Å²) in [4.78, 5) is 35.8. The lowest BCUT2D eigenvalue weighted by molar-refractivity contribution is -0.137. The fourth-order valence-corrected chi connectivity index (χ4v) is 3.75. The molecule has 3 rings (SSSR count). The summed E-state index contributed by atoms with van der Waals surface area (Å²) >= 11 is 1.02. The molecule has 2 aromatic rings. The predicted octanol–water partition coefficient (Wildman–Crippen LogP) is 3.01. The molecule has 4 N–H and O–H groups in total. The molecular weight excluding hydrogens is 423 g/mol. The molecule has 0 aliphatic carbocycles. The summed E-state index contributed by atoms with van der Waals surface area (Å²) in [5, 5.41) is 4.24. The molecule has 2 aromatic carbocycles. The standard InChI is InChI=1S/C19H16F3N3O4S/c20-19(21,22)10-4-5-14-13(6-10)25-18(28)15(30-14)8-17(27)24-11-2-1-3-12(7-11)29-9-16(23)26/h1-7,15H,8-9H2,(H2,23,26)(H,24,27)(H,25,28)/t15-/m1/s1. The summed E-state index contributed by atoms with van der Waals surface area (Å²) in [6, 6.07) is 9.33. The molecule has 0 spiro atoms. The monoisotopic (exact) mass is 439 g/mol. The Kier molecular flexibility index (Phi) is 6.20. The number of carbonyl (C=O) groups is 3. The summed E-state index contributed by atoms with van der Waals surface area (Å²) in [6.07, 6.45) is -4.71. The summed E-state index contributed by atoms with van der Waals surface area (Å²) < 4.78 is 43.6. The van der Waals surface area contributed by atoms with Gasteiger partial charge in [0.1, 0.15) is 5.75 Å². The van der Waals surface area contributed by atoms with E-state index in [1.807, 2.05) is 0 Å². The zero-order chi connectivity index (χ0) is 21.9. The van der Waals surface area contributed by atoms with Gasteiger partial charge in [0.05, 0.1) is 16.5 Å². The number of hydrogen-bond acceptors (Lipinski definition) is 5. The van der Waals surface area contributed by atoms with Crippen LogP contribution in [0.4, 0.5) is 24.5 Å². The van der Waals surface area contributed by atoms with E-state index in [-0.39, 0.29) is 18.7 Å². The van der Waals surface area contributed by atoms with Crippen molar-refractivity contribution in [2.75, 3.05) is 17.2 Å². The number of carbonyl (C=O) groups excluding carboxylic acids is 3. The molecule has 0 radical (unpaired) electrons. The van der Waals surface area contributed by atoms with Crippen LogP contribution in [-0.2, 0) is 20.6 Å². The maximum absolute atomic E-state index is 12.8. The van der Waals surface area contributed by atoms with Crippen molar-refractivity contribution in [2.45, 2.75) is 22.7 Å². The van der Waals surface area contributed by atoms with E-state index in [2.05, 4.69) is 10.6 Å². The van der Waals surface area contributed by atoms with E-state index in [1.54, 1.807) is 18.2 Å². The minimum Gasteiger partial charge on any atom is -0.484 e. The second-order valence-corrected chi connectivity index (χ2v) is 7.58. The summed E-state index contributed by atoms with van der Waals surface area (Å²) in [6.45, 7) is -0.314. The predicted molar refractivity (Wildman–Crippen MR) is 104 cm³/mol. The molecule has 1 aliphatic heterocycles. The van der Waals surface area contributed by atoms with Gasteiger partial charge in [0, 0.05) is 23.1 Å². The third kappa shape index (κ3) is 5.44. The quantitative estimate of drug-likeness (QED) is 0.641. The van der Waals surface area contributed by atoms with Crippen molar-refractivity contribution in [1.29, 1.82) is 0 Å². The van der Waals surface area contributed by atoms with Gasteiger partial charge in [-0.2, -0.15) is 13.2 Å². The first-order valence-electron chi connectivity index (χ1n) is 8.61. The van der Waals surface area contributed by atoms with Crippen LogP contribution in [0.3, 0.4) is 0 Å². The number of benzene rings is 2.